The van der Waals surface area contributed by atoms with Crippen molar-refractivity contribution < 1.29 is 56.2 Å². The van der Waals surface area contributed by atoms with Crippen LogP contribution in [-0.2, 0) is 34.2 Å². The Morgan fingerprint density at radius 3 is 2.45 bits per heavy atom. The minimum Gasteiger partial charge on any atom is -0.506 e. The Hall–Kier alpha value is -6.31. The fourth-order valence-electron chi connectivity index (χ4n) is 7.10. The standard InChI is InChI=1S/C35H34FN7O11S/c36-30-22-15-20(5-4-19(22)14-25(44)31(30)42-17-27(46)40-55(42,52)53)54-13-10-37-32(48)18-8-11-41(12-9-18)28(47)16-38-23-3-1-2-21-29(23)35(51)43(34(21)50)24-6-7-26(45)39-33(24)49/h1-5,14-15,18,24,38,44H,6-13,16-17H2,(H,37,48)(H,40,46)(H,39,45,49). The number of benzene rings is 3. The molecular weight excluding hydrogens is 745 g/mol. The van der Waals surface area contributed by atoms with Crippen LogP contribution in [0.15, 0.2) is 42.5 Å². The first-order valence-electron chi connectivity index (χ1n) is 17.3. The molecule has 5 N–H and O–H groups in total. The number of ether oxygens (including phenoxy) is 1. The van der Waals surface area contributed by atoms with Gasteiger partial charge in [-0.1, -0.05) is 12.1 Å². The van der Waals surface area contributed by atoms with Crippen molar-refractivity contribution in [1.82, 2.24) is 25.2 Å². The van der Waals surface area contributed by atoms with Crippen molar-refractivity contribution in [3.8, 4) is 11.5 Å². The molecule has 3 fully saturated rings. The third-order valence-corrected chi connectivity index (χ3v) is 11.2. The molecular formula is C35H34FN7O11S. The fraction of sp³-hybridized carbons (Fsp3) is 0.343. The molecule has 7 rings (SSSR count). The lowest BCUT2D eigenvalue weighted by molar-refractivity contribution is -0.136. The lowest BCUT2D eigenvalue weighted by Crippen LogP contribution is -2.54. The molecule has 4 aliphatic rings. The molecule has 0 bridgehead atoms. The van der Waals surface area contributed by atoms with Gasteiger partial charge in [0.05, 0.1) is 24.2 Å². The maximum Gasteiger partial charge on any atom is 0.326 e. The average molecular weight is 780 g/mol. The van der Waals surface area contributed by atoms with E-state index in [1.54, 1.807) is 21.8 Å². The first-order chi connectivity index (χ1) is 26.2. The Morgan fingerprint density at radius 1 is 0.982 bits per heavy atom. The predicted octanol–water partition coefficient (Wildman–Crippen LogP) is 0.112. The van der Waals surface area contributed by atoms with Gasteiger partial charge in [-0.2, -0.15) is 8.42 Å². The first kappa shape index (κ1) is 37.0. The van der Waals surface area contributed by atoms with Crippen LogP contribution in [0, 0.1) is 11.7 Å². The molecule has 0 spiro atoms. The third-order valence-electron chi connectivity index (χ3n) is 9.86. The zero-order chi connectivity index (χ0) is 39.2. The molecule has 1 unspecified atom stereocenters. The van der Waals surface area contributed by atoms with Crippen LogP contribution in [0.1, 0.15) is 46.4 Å². The smallest absolute Gasteiger partial charge is 0.326 e. The number of nitrogens with one attached hydrogen (secondary N) is 4. The Balaban J connectivity index is 0.878. The van der Waals surface area contributed by atoms with Gasteiger partial charge in [-0.25, -0.2) is 13.4 Å². The SMILES string of the molecule is O=C1CCC(N2C(=O)c3cccc(NCC(=O)N4CCC(C(=O)NCCOc5ccc6cc(O)c(N7CC(=O)NS7(=O)=O)c(F)c6c5)CC4)c3C2=O)C(=O)N1. The number of imide groups is 2. The normalized spacial score (nSPS) is 19.7. The van der Waals surface area contributed by atoms with Gasteiger partial charge in [0, 0.05) is 36.5 Å². The summed E-state index contributed by atoms with van der Waals surface area (Å²) >= 11 is 0. The van der Waals surface area contributed by atoms with Crippen molar-refractivity contribution in [1.29, 1.82) is 0 Å². The summed E-state index contributed by atoms with van der Waals surface area (Å²) in [6.07, 6.45) is 0.785. The Morgan fingerprint density at radius 2 is 1.75 bits per heavy atom. The van der Waals surface area contributed by atoms with E-state index < -0.39 is 69.6 Å². The molecule has 7 amide bonds. The molecule has 1 atom stereocenters. The molecule has 20 heteroatoms. The number of piperidine rings is 2. The molecule has 4 heterocycles. The monoisotopic (exact) mass is 779 g/mol. The zero-order valence-electron chi connectivity index (χ0n) is 28.9. The van der Waals surface area contributed by atoms with Crippen LogP contribution >= 0.6 is 0 Å². The lowest BCUT2D eigenvalue weighted by atomic mass is 9.96. The van der Waals surface area contributed by atoms with Crippen LogP contribution in [-0.4, -0.2) is 110 Å². The Labute approximate surface area is 312 Å². The van der Waals surface area contributed by atoms with E-state index in [0.29, 0.717) is 30.2 Å². The van der Waals surface area contributed by atoms with Gasteiger partial charge in [-0.15, -0.1) is 0 Å². The van der Waals surface area contributed by atoms with Crippen molar-refractivity contribution in [2.45, 2.75) is 31.7 Å². The largest absolute Gasteiger partial charge is 0.506 e. The van der Waals surface area contributed by atoms with E-state index in [0.717, 1.165) is 4.90 Å². The summed E-state index contributed by atoms with van der Waals surface area (Å²) in [4.78, 5) is 90.5. The van der Waals surface area contributed by atoms with Gasteiger partial charge in [-0.3, -0.25) is 43.8 Å². The van der Waals surface area contributed by atoms with Gasteiger partial charge in [0.15, 0.2) is 5.82 Å². The minimum atomic E-state index is -4.38. The van der Waals surface area contributed by atoms with Crippen LogP contribution < -0.4 is 29.7 Å². The fourth-order valence-corrected chi connectivity index (χ4v) is 8.27. The van der Waals surface area contributed by atoms with E-state index in [2.05, 4.69) is 16.0 Å². The summed E-state index contributed by atoms with van der Waals surface area (Å²) in [6, 6.07) is 8.91. The van der Waals surface area contributed by atoms with Gasteiger partial charge in [0.1, 0.15) is 36.4 Å². The van der Waals surface area contributed by atoms with E-state index in [-0.39, 0.29) is 83.6 Å². The van der Waals surface area contributed by atoms with Gasteiger partial charge in [0.25, 0.3) is 17.7 Å². The van der Waals surface area contributed by atoms with E-state index in [1.807, 2.05) is 0 Å². The van der Waals surface area contributed by atoms with Crippen molar-refractivity contribution in [3.05, 3.63) is 59.4 Å². The van der Waals surface area contributed by atoms with Crippen LogP contribution in [0.25, 0.3) is 10.8 Å². The van der Waals surface area contributed by atoms with Gasteiger partial charge >= 0.3 is 10.2 Å². The number of hydrogen-bond acceptors (Lipinski definition) is 12. The van der Waals surface area contributed by atoms with Gasteiger partial charge < -0.3 is 25.4 Å². The molecule has 0 aromatic heterocycles. The number of nitrogens with zero attached hydrogens (tertiary/aromatic N) is 3. The van der Waals surface area contributed by atoms with Crippen LogP contribution in [0.4, 0.5) is 15.8 Å². The van der Waals surface area contributed by atoms with Crippen LogP contribution in [0.3, 0.4) is 0 Å². The highest BCUT2D eigenvalue weighted by molar-refractivity contribution is 7.92. The van der Waals surface area contributed by atoms with E-state index in [9.17, 15) is 47.1 Å². The molecule has 0 saturated carbocycles. The summed E-state index contributed by atoms with van der Waals surface area (Å²) in [6.45, 7) is -0.182. The minimum absolute atomic E-state index is 0.00824. The highest BCUT2D eigenvalue weighted by atomic mass is 32.2. The van der Waals surface area contributed by atoms with Crippen molar-refractivity contribution in [3.63, 3.8) is 0 Å². The van der Waals surface area contributed by atoms with Gasteiger partial charge in [-0.05, 0) is 55.0 Å². The second-order valence-corrected chi connectivity index (χ2v) is 14.9. The molecule has 3 aromatic rings. The van der Waals surface area contributed by atoms with E-state index in [1.165, 1.54) is 30.3 Å². The molecule has 18 nitrogen and oxygen atoms in total. The molecule has 3 saturated heterocycles. The summed E-state index contributed by atoms with van der Waals surface area (Å²) in [5.74, 6) is -5.86. The number of amides is 7. The van der Waals surface area contributed by atoms with Crippen molar-refractivity contribution >= 4 is 73.7 Å². The predicted molar refractivity (Wildman–Crippen MR) is 189 cm³/mol. The number of carbonyl (C=O) groups excluding carboxylic acids is 7. The summed E-state index contributed by atoms with van der Waals surface area (Å²) < 4.78 is 47.9. The molecule has 4 aliphatic heterocycles. The van der Waals surface area contributed by atoms with Crippen LogP contribution in [0.5, 0.6) is 11.5 Å². The van der Waals surface area contributed by atoms with Crippen molar-refractivity contribution in [2.24, 2.45) is 5.92 Å². The third kappa shape index (κ3) is 7.07. The lowest BCUT2D eigenvalue weighted by Gasteiger charge is -2.31. The summed E-state index contributed by atoms with van der Waals surface area (Å²) in [5, 5.41) is 18.4. The quantitative estimate of drug-likeness (QED) is 0.136. The van der Waals surface area contributed by atoms with E-state index >= 15 is 4.39 Å². The number of phenols is 1. The van der Waals surface area contributed by atoms with Crippen LogP contribution in [0.2, 0.25) is 0 Å². The number of fused-ring (bicyclic) bond motifs is 2. The first-order valence-corrected chi connectivity index (χ1v) is 18.7. The number of halogens is 1. The number of carbonyl (C=O) groups is 7. The summed E-state index contributed by atoms with van der Waals surface area (Å²) in [7, 11) is -4.38. The molecule has 288 valence electrons. The second-order valence-electron chi connectivity index (χ2n) is 13.3. The topological polar surface area (TPSA) is 241 Å². The number of rotatable bonds is 10. The number of hydrogen-bond donors (Lipinski definition) is 5. The maximum absolute atomic E-state index is 15.5. The number of anilines is 2. The Bertz CT molecular complexity index is 2290. The molecule has 3 aromatic carbocycles. The van der Waals surface area contributed by atoms with Crippen molar-refractivity contribution in [2.75, 3.05) is 49.0 Å². The maximum atomic E-state index is 15.5. The zero-order valence-corrected chi connectivity index (χ0v) is 29.7. The molecule has 55 heavy (non-hydrogen) atoms. The van der Waals surface area contributed by atoms with Gasteiger partial charge in [0.2, 0.25) is 23.6 Å². The number of phenolic OH excluding ortho intramolecular Hbond substituents is 1. The number of likely N-dealkylation sites (tertiary alicyclic amines) is 1. The summed E-state index contributed by atoms with van der Waals surface area (Å²) in [5.41, 5.74) is -0.299. The molecule has 0 radical (unpaired) electrons. The Kier molecular flexibility index (Phi) is 9.76. The number of aromatic hydroxyl groups is 1. The molecule has 0 aliphatic carbocycles. The van der Waals surface area contributed by atoms with E-state index in [4.69, 9.17) is 4.74 Å². The highest BCUT2D eigenvalue weighted by Crippen LogP contribution is 2.39. The average Bonchev–Trinajstić information content (AvgIpc) is 3.57. The second kappa shape index (κ2) is 14.5. The highest BCUT2D eigenvalue weighted by Gasteiger charge is 2.46.